The third-order valence-electron chi connectivity index (χ3n) is 4.39. The van der Waals surface area contributed by atoms with Crippen molar-refractivity contribution in [3.63, 3.8) is 0 Å². The Balaban J connectivity index is 0.000000186. The third-order valence-corrected chi connectivity index (χ3v) is 4.89. The first-order valence-corrected chi connectivity index (χ1v) is 9.87. The largest absolute Gasteiger partial charge is 0.497 e. The molecule has 2 aromatic heterocycles. The summed E-state index contributed by atoms with van der Waals surface area (Å²) < 4.78 is 3.12. The SMILES string of the molecule is Cc1ccn2cc(-c3cccc(Br)c3)nc2c1.O=[N+]([O-])c1cc([N+](=O)[O-])c(O)c([N+](=O)[O-])c1. The number of nitrogens with zero attached hydrogens (tertiary/aromatic N) is 5. The molecule has 0 fully saturated rings. The van der Waals surface area contributed by atoms with E-state index in [4.69, 9.17) is 5.11 Å². The second kappa shape index (κ2) is 9.40. The molecule has 0 saturated heterocycles. The first kappa shape index (κ1) is 23.3. The van der Waals surface area contributed by atoms with E-state index in [9.17, 15) is 30.3 Å². The van der Waals surface area contributed by atoms with Gasteiger partial charge < -0.3 is 9.51 Å². The van der Waals surface area contributed by atoms with Crippen LogP contribution in [0.3, 0.4) is 0 Å². The van der Waals surface area contributed by atoms with E-state index in [1.165, 1.54) is 5.56 Å². The zero-order valence-corrected chi connectivity index (χ0v) is 18.4. The molecule has 0 unspecified atom stereocenters. The number of hydrogen-bond donors (Lipinski definition) is 1. The van der Waals surface area contributed by atoms with Crippen molar-refractivity contribution in [2.45, 2.75) is 6.92 Å². The molecule has 0 atom stereocenters. The van der Waals surface area contributed by atoms with Gasteiger partial charge in [0.2, 0.25) is 0 Å². The van der Waals surface area contributed by atoms with Crippen LogP contribution < -0.4 is 0 Å². The number of phenols is 1. The molecule has 4 rings (SSSR count). The smallest absolute Gasteiger partial charge is 0.324 e. The molecular weight excluding hydrogens is 502 g/mol. The van der Waals surface area contributed by atoms with Crippen LogP contribution in [0.1, 0.15) is 5.56 Å². The highest BCUT2D eigenvalue weighted by atomic mass is 79.9. The monoisotopic (exact) mass is 515 g/mol. The van der Waals surface area contributed by atoms with Crippen molar-refractivity contribution in [3.8, 4) is 17.0 Å². The number of aryl methyl sites for hydroxylation is 1. The Morgan fingerprint density at radius 2 is 1.58 bits per heavy atom. The molecule has 13 heteroatoms. The van der Waals surface area contributed by atoms with E-state index in [-0.39, 0.29) is 0 Å². The molecule has 2 heterocycles. The van der Waals surface area contributed by atoms with Gasteiger partial charge in [0.1, 0.15) is 5.65 Å². The normalized spacial score (nSPS) is 10.4. The first-order chi connectivity index (χ1) is 15.6. The summed E-state index contributed by atoms with van der Waals surface area (Å²) in [7, 11) is 0. The number of fused-ring (bicyclic) bond motifs is 1. The van der Waals surface area contributed by atoms with E-state index in [1.54, 1.807) is 0 Å². The number of non-ortho nitro benzene ring substituents is 1. The van der Waals surface area contributed by atoms with Crippen LogP contribution >= 0.6 is 15.9 Å². The number of rotatable bonds is 4. The van der Waals surface area contributed by atoms with Crippen LogP contribution in [0.2, 0.25) is 0 Å². The summed E-state index contributed by atoms with van der Waals surface area (Å²) in [5.41, 5.74) is 1.33. The minimum atomic E-state index is -1.21. The molecule has 0 bridgehead atoms. The Hall–Kier alpha value is -4.39. The lowest BCUT2D eigenvalue weighted by Crippen LogP contribution is -1.97. The van der Waals surface area contributed by atoms with Gasteiger partial charge in [0.05, 0.1) is 32.6 Å². The van der Waals surface area contributed by atoms with E-state index in [1.807, 2.05) is 22.7 Å². The summed E-state index contributed by atoms with van der Waals surface area (Å²) in [4.78, 5) is 32.4. The molecular formula is C20H14BrN5O7. The maximum atomic E-state index is 10.4. The standard InChI is InChI=1S/C14H11BrN2.C6H3N3O7/c1-10-5-6-17-9-13(16-14(17)7-10)11-3-2-4-12(15)8-11;10-6-4(8(13)14)1-3(7(11)12)2-5(6)9(15)16/h2-9H,1H3;1-2,10H. The number of aromatic nitrogens is 2. The van der Waals surface area contributed by atoms with Gasteiger partial charge in [-0.1, -0.05) is 28.1 Å². The van der Waals surface area contributed by atoms with Gasteiger partial charge in [-0.3, -0.25) is 30.3 Å². The number of nitro groups is 3. The summed E-state index contributed by atoms with van der Waals surface area (Å²) >= 11 is 3.48. The van der Waals surface area contributed by atoms with E-state index in [0.717, 1.165) is 21.4 Å². The zero-order valence-electron chi connectivity index (χ0n) is 16.8. The fraction of sp³-hybridized carbons (Fsp3) is 0.0500. The summed E-state index contributed by atoms with van der Waals surface area (Å²) in [6, 6.07) is 13.2. The number of pyridine rings is 1. The minimum Gasteiger partial charge on any atom is -0.497 e. The highest BCUT2D eigenvalue weighted by Crippen LogP contribution is 2.39. The Morgan fingerprint density at radius 1 is 0.939 bits per heavy atom. The molecule has 0 saturated carbocycles. The third kappa shape index (κ3) is 5.27. The molecule has 0 aliphatic heterocycles. The number of halogens is 1. The number of phenolic OH excluding ortho intramolecular Hbond substituents is 1. The zero-order chi connectivity index (χ0) is 24.3. The van der Waals surface area contributed by atoms with Crippen molar-refractivity contribution < 1.29 is 19.9 Å². The van der Waals surface area contributed by atoms with Gasteiger partial charge in [0.15, 0.2) is 0 Å². The Morgan fingerprint density at radius 3 is 2.12 bits per heavy atom. The summed E-state index contributed by atoms with van der Waals surface area (Å²) in [6.45, 7) is 2.08. The van der Waals surface area contributed by atoms with Crippen molar-refractivity contribution >= 4 is 38.6 Å². The van der Waals surface area contributed by atoms with E-state index < -0.39 is 37.6 Å². The van der Waals surface area contributed by atoms with Crippen LogP contribution in [0.15, 0.2) is 65.4 Å². The van der Waals surface area contributed by atoms with Crippen LogP contribution in [0, 0.1) is 37.3 Å². The second-order valence-corrected chi connectivity index (χ2v) is 7.63. The molecule has 0 spiro atoms. The van der Waals surface area contributed by atoms with Gasteiger partial charge >= 0.3 is 11.4 Å². The van der Waals surface area contributed by atoms with Crippen molar-refractivity contribution in [3.05, 3.63) is 101 Å². The average molecular weight is 516 g/mol. The maximum absolute atomic E-state index is 10.4. The lowest BCUT2D eigenvalue weighted by Gasteiger charge is -1.97. The van der Waals surface area contributed by atoms with Gasteiger partial charge in [-0.25, -0.2) is 4.98 Å². The van der Waals surface area contributed by atoms with Crippen molar-refractivity contribution in [1.82, 2.24) is 9.38 Å². The van der Waals surface area contributed by atoms with Crippen molar-refractivity contribution in [2.24, 2.45) is 0 Å². The Bertz CT molecular complexity index is 1370. The lowest BCUT2D eigenvalue weighted by atomic mass is 10.2. The molecule has 0 aliphatic rings. The van der Waals surface area contributed by atoms with Gasteiger partial charge in [0, 0.05) is 22.4 Å². The molecule has 33 heavy (non-hydrogen) atoms. The van der Waals surface area contributed by atoms with Gasteiger partial charge in [-0.05, 0) is 36.8 Å². The first-order valence-electron chi connectivity index (χ1n) is 9.08. The van der Waals surface area contributed by atoms with Crippen LogP contribution in [-0.4, -0.2) is 29.3 Å². The molecule has 0 aliphatic carbocycles. The van der Waals surface area contributed by atoms with Crippen LogP contribution in [0.25, 0.3) is 16.9 Å². The number of imidazole rings is 1. The predicted octanol–water partition coefficient (Wildman–Crippen LogP) is 5.19. The highest BCUT2D eigenvalue weighted by molar-refractivity contribution is 9.10. The number of aromatic hydroxyl groups is 1. The van der Waals surface area contributed by atoms with Crippen molar-refractivity contribution in [2.75, 3.05) is 0 Å². The van der Waals surface area contributed by atoms with Gasteiger partial charge in [-0.15, -0.1) is 0 Å². The summed E-state index contributed by atoms with van der Waals surface area (Å²) in [6.07, 6.45) is 4.09. The lowest BCUT2D eigenvalue weighted by molar-refractivity contribution is -0.404. The van der Waals surface area contributed by atoms with Crippen molar-refractivity contribution in [1.29, 1.82) is 0 Å². The fourth-order valence-corrected chi connectivity index (χ4v) is 3.24. The molecule has 0 radical (unpaired) electrons. The van der Waals surface area contributed by atoms with Crippen LogP contribution in [0.5, 0.6) is 5.75 Å². The number of benzene rings is 2. The molecule has 1 N–H and O–H groups in total. The van der Waals surface area contributed by atoms with Gasteiger partial charge in [-0.2, -0.15) is 0 Å². The molecule has 12 nitrogen and oxygen atoms in total. The maximum Gasteiger partial charge on any atom is 0.324 e. The van der Waals surface area contributed by atoms with E-state index in [2.05, 4.69) is 58.3 Å². The highest BCUT2D eigenvalue weighted by Gasteiger charge is 2.30. The summed E-state index contributed by atoms with van der Waals surface area (Å²) in [5, 5.41) is 40.2. The Labute approximate surface area is 193 Å². The minimum absolute atomic E-state index is 0.447. The van der Waals surface area contributed by atoms with Gasteiger partial charge in [0.25, 0.3) is 11.4 Å². The molecule has 4 aromatic rings. The van der Waals surface area contributed by atoms with E-state index >= 15 is 0 Å². The predicted molar refractivity (Wildman–Crippen MR) is 121 cm³/mol. The Kier molecular flexibility index (Phi) is 6.63. The number of nitro benzene ring substituents is 3. The fourth-order valence-electron chi connectivity index (χ4n) is 2.84. The topological polar surface area (TPSA) is 167 Å². The molecule has 0 amide bonds. The van der Waals surface area contributed by atoms with Crippen LogP contribution in [0.4, 0.5) is 17.1 Å². The molecule has 168 valence electrons. The number of hydrogen-bond acceptors (Lipinski definition) is 8. The molecule has 2 aromatic carbocycles. The quantitative estimate of drug-likeness (QED) is 0.286. The van der Waals surface area contributed by atoms with Crippen LogP contribution in [-0.2, 0) is 0 Å². The second-order valence-electron chi connectivity index (χ2n) is 6.71. The average Bonchev–Trinajstić information content (AvgIpc) is 3.17. The summed E-state index contributed by atoms with van der Waals surface area (Å²) in [5.74, 6) is -1.21. The van der Waals surface area contributed by atoms with E-state index in [0.29, 0.717) is 12.1 Å².